The van der Waals surface area contributed by atoms with Gasteiger partial charge in [0.25, 0.3) is 5.91 Å². The number of carbonyl (C=O) groups is 2. The van der Waals surface area contributed by atoms with Crippen molar-refractivity contribution in [2.24, 2.45) is 5.73 Å². The lowest BCUT2D eigenvalue weighted by Crippen LogP contribution is -2.65. The van der Waals surface area contributed by atoms with Crippen LogP contribution in [0.15, 0.2) is 0 Å². The molecule has 1 fully saturated rings. The Morgan fingerprint density at radius 2 is 1.45 bits per heavy atom. The Balaban J connectivity index is 2.67. The van der Waals surface area contributed by atoms with Crippen LogP contribution in [0.1, 0.15) is 6.92 Å². The van der Waals surface area contributed by atoms with Crippen LogP contribution in [0.5, 0.6) is 0 Å². The maximum absolute atomic E-state index is 12.7. The van der Waals surface area contributed by atoms with Gasteiger partial charge in [0.15, 0.2) is 5.54 Å². The van der Waals surface area contributed by atoms with E-state index >= 15 is 0 Å². The molecule has 0 aromatic rings. The molecule has 0 aliphatic carbocycles. The van der Waals surface area contributed by atoms with Crippen molar-refractivity contribution < 1.29 is 22.8 Å². The fourth-order valence-electron chi connectivity index (χ4n) is 1.83. The molecule has 1 aliphatic heterocycles. The topological polar surface area (TPSA) is 69.9 Å². The van der Waals surface area contributed by atoms with Gasteiger partial charge in [0.2, 0.25) is 0 Å². The zero-order valence-electron chi connectivity index (χ0n) is 11.7. The Labute approximate surface area is 115 Å². The van der Waals surface area contributed by atoms with E-state index in [0.717, 1.165) is 4.90 Å². The normalized spacial score (nSPS) is 19.6. The van der Waals surface area contributed by atoms with Crippen LogP contribution in [0.25, 0.3) is 0 Å². The summed E-state index contributed by atoms with van der Waals surface area (Å²) < 4.78 is 38.1. The average molecular weight is 296 g/mol. The molecule has 116 valence electrons. The first-order valence-electron chi connectivity index (χ1n) is 6.09. The molecule has 0 aromatic heterocycles. The summed E-state index contributed by atoms with van der Waals surface area (Å²) in [4.78, 5) is 27.4. The summed E-state index contributed by atoms with van der Waals surface area (Å²) in [6.07, 6.45) is -4.80. The van der Waals surface area contributed by atoms with Crippen LogP contribution in [0.2, 0.25) is 0 Å². The van der Waals surface area contributed by atoms with E-state index in [4.69, 9.17) is 5.73 Å². The standard InChI is InChI=1S/C11H19F3N4O2/c1-10(15,11(12,13)14)8(19)17-4-6-18(7-5-17)9(20)16(2)3/h4-7,15H2,1-3H3. The number of hydrogen-bond acceptors (Lipinski definition) is 3. The fourth-order valence-corrected chi connectivity index (χ4v) is 1.83. The van der Waals surface area contributed by atoms with E-state index in [1.807, 2.05) is 0 Å². The zero-order valence-corrected chi connectivity index (χ0v) is 11.7. The molecule has 1 saturated heterocycles. The minimum absolute atomic E-state index is 0.0429. The van der Waals surface area contributed by atoms with Crippen molar-refractivity contribution in [3.05, 3.63) is 0 Å². The fraction of sp³-hybridized carbons (Fsp3) is 0.818. The monoisotopic (exact) mass is 296 g/mol. The van der Waals surface area contributed by atoms with Crippen LogP contribution in [0.4, 0.5) is 18.0 Å². The van der Waals surface area contributed by atoms with Crippen molar-refractivity contribution in [3.8, 4) is 0 Å². The van der Waals surface area contributed by atoms with Gasteiger partial charge in [-0.3, -0.25) is 4.79 Å². The molecule has 20 heavy (non-hydrogen) atoms. The number of amides is 3. The van der Waals surface area contributed by atoms with Gasteiger partial charge < -0.3 is 20.4 Å². The van der Waals surface area contributed by atoms with Crippen LogP contribution < -0.4 is 5.73 Å². The molecule has 1 atom stereocenters. The number of alkyl halides is 3. The Morgan fingerprint density at radius 3 is 1.80 bits per heavy atom. The van der Waals surface area contributed by atoms with Crippen LogP contribution in [0.3, 0.4) is 0 Å². The highest BCUT2D eigenvalue weighted by Gasteiger charge is 2.55. The SMILES string of the molecule is CN(C)C(=O)N1CCN(C(=O)C(C)(N)C(F)(F)F)CC1. The third-order valence-corrected chi connectivity index (χ3v) is 3.25. The Morgan fingerprint density at radius 1 is 1.05 bits per heavy atom. The maximum atomic E-state index is 12.7. The van der Waals surface area contributed by atoms with Crippen LogP contribution in [-0.4, -0.2) is 78.6 Å². The van der Waals surface area contributed by atoms with Gasteiger partial charge in [-0.1, -0.05) is 0 Å². The first kappa shape index (κ1) is 16.5. The van der Waals surface area contributed by atoms with Gasteiger partial charge in [0, 0.05) is 40.3 Å². The Hall–Kier alpha value is -1.51. The van der Waals surface area contributed by atoms with E-state index in [2.05, 4.69) is 0 Å². The van der Waals surface area contributed by atoms with Crippen molar-refractivity contribution in [3.63, 3.8) is 0 Å². The molecule has 3 amide bonds. The minimum Gasteiger partial charge on any atom is -0.337 e. The van der Waals surface area contributed by atoms with Gasteiger partial charge in [-0.25, -0.2) is 4.79 Å². The van der Waals surface area contributed by atoms with Crippen molar-refractivity contribution in [2.75, 3.05) is 40.3 Å². The Kier molecular flexibility index (Phi) is 4.52. The molecule has 1 heterocycles. The predicted octanol–water partition coefficient (Wildman–Crippen LogP) is 0.0919. The molecular weight excluding hydrogens is 277 g/mol. The third-order valence-electron chi connectivity index (χ3n) is 3.25. The van der Waals surface area contributed by atoms with Gasteiger partial charge in [-0.05, 0) is 6.92 Å². The Bertz CT molecular complexity index is 388. The quantitative estimate of drug-likeness (QED) is 0.745. The first-order chi connectivity index (χ1) is 8.98. The molecule has 0 aromatic carbocycles. The molecule has 0 radical (unpaired) electrons. The van der Waals surface area contributed by atoms with Crippen molar-refractivity contribution >= 4 is 11.9 Å². The van der Waals surface area contributed by atoms with E-state index in [1.54, 1.807) is 14.1 Å². The van der Waals surface area contributed by atoms with Gasteiger partial charge in [-0.2, -0.15) is 13.2 Å². The van der Waals surface area contributed by atoms with Crippen LogP contribution in [-0.2, 0) is 4.79 Å². The minimum atomic E-state index is -4.80. The molecule has 0 spiro atoms. The number of nitrogens with zero attached hydrogens (tertiary/aromatic N) is 3. The lowest BCUT2D eigenvalue weighted by Gasteiger charge is -2.39. The van der Waals surface area contributed by atoms with Crippen LogP contribution >= 0.6 is 0 Å². The average Bonchev–Trinajstić information content (AvgIpc) is 2.35. The number of hydrogen-bond donors (Lipinski definition) is 1. The second-order valence-corrected chi connectivity index (χ2v) is 5.16. The molecule has 6 nitrogen and oxygen atoms in total. The van der Waals surface area contributed by atoms with Gasteiger partial charge in [0.05, 0.1) is 0 Å². The number of piperazine rings is 1. The first-order valence-corrected chi connectivity index (χ1v) is 6.09. The predicted molar refractivity (Wildman–Crippen MR) is 65.9 cm³/mol. The van der Waals surface area contributed by atoms with E-state index < -0.39 is 17.6 Å². The van der Waals surface area contributed by atoms with E-state index in [9.17, 15) is 22.8 Å². The molecule has 0 saturated carbocycles. The number of urea groups is 1. The lowest BCUT2D eigenvalue weighted by molar-refractivity contribution is -0.194. The van der Waals surface area contributed by atoms with Crippen molar-refractivity contribution in [2.45, 2.75) is 18.6 Å². The van der Waals surface area contributed by atoms with Gasteiger partial charge in [-0.15, -0.1) is 0 Å². The van der Waals surface area contributed by atoms with Gasteiger partial charge in [0.1, 0.15) is 0 Å². The summed E-state index contributed by atoms with van der Waals surface area (Å²) in [5.41, 5.74) is 2.20. The highest BCUT2D eigenvalue weighted by atomic mass is 19.4. The summed E-state index contributed by atoms with van der Waals surface area (Å²) >= 11 is 0. The summed E-state index contributed by atoms with van der Waals surface area (Å²) in [6.45, 7) is 1.13. The molecule has 1 rings (SSSR count). The molecule has 0 bridgehead atoms. The second-order valence-electron chi connectivity index (χ2n) is 5.16. The zero-order chi connectivity index (χ0) is 15.7. The number of rotatable bonds is 1. The lowest BCUT2D eigenvalue weighted by atomic mass is 10.0. The molecule has 9 heteroatoms. The summed E-state index contributed by atoms with van der Waals surface area (Å²) in [5.74, 6) is -1.16. The number of carbonyl (C=O) groups excluding carboxylic acids is 2. The number of nitrogens with two attached hydrogens (primary N) is 1. The smallest absolute Gasteiger partial charge is 0.337 e. The molecule has 2 N–H and O–H groups in total. The van der Waals surface area contributed by atoms with E-state index in [0.29, 0.717) is 6.92 Å². The maximum Gasteiger partial charge on any atom is 0.415 e. The summed E-state index contributed by atoms with van der Waals surface area (Å²) in [5, 5.41) is 0. The summed E-state index contributed by atoms with van der Waals surface area (Å²) in [6, 6.07) is -0.233. The van der Waals surface area contributed by atoms with Crippen molar-refractivity contribution in [1.82, 2.24) is 14.7 Å². The van der Waals surface area contributed by atoms with Gasteiger partial charge >= 0.3 is 12.2 Å². The highest BCUT2D eigenvalue weighted by Crippen LogP contribution is 2.29. The van der Waals surface area contributed by atoms with E-state index in [-0.39, 0.29) is 32.2 Å². The largest absolute Gasteiger partial charge is 0.415 e. The summed E-state index contributed by atoms with van der Waals surface area (Å²) in [7, 11) is 3.17. The van der Waals surface area contributed by atoms with E-state index in [1.165, 1.54) is 9.80 Å². The molecular formula is C11H19F3N4O2. The second kappa shape index (κ2) is 5.47. The molecule has 1 aliphatic rings. The molecule has 1 unspecified atom stereocenters. The number of halogens is 3. The van der Waals surface area contributed by atoms with Crippen LogP contribution in [0, 0.1) is 0 Å². The highest BCUT2D eigenvalue weighted by molar-refractivity contribution is 5.87. The van der Waals surface area contributed by atoms with Crippen molar-refractivity contribution in [1.29, 1.82) is 0 Å². The third kappa shape index (κ3) is 3.14.